The first-order valence-electron chi connectivity index (χ1n) is 15.3. The predicted molar refractivity (Wildman–Crippen MR) is 167 cm³/mol. The lowest BCUT2D eigenvalue weighted by Crippen LogP contribution is -2.54. The summed E-state index contributed by atoms with van der Waals surface area (Å²) in [5.74, 6) is -3.83. The zero-order chi connectivity index (χ0) is 31.9. The van der Waals surface area contributed by atoms with Crippen LogP contribution in [0.1, 0.15) is 65.0 Å². The lowest BCUT2D eigenvalue weighted by atomic mass is 9.94. The van der Waals surface area contributed by atoms with Gasteiger partial charge in [0.2, 0.25) is 5.91 Å². The number of fused-ring (bicyclic) bond motifs is 3. The zero-order valence-electron chi connectivity index (χ0n) is 25.6. The molecule has 2 aliphatic heterocycles. The summed E-state index contributed by atoms with van der Waals surface area (Å²) in [6, 6.07) is 18.4. The van der Waals surface area contributed by atoms with Crippen molar-refractivity contribution in [2.24, 2.45) is 0 Å². The van der Waals surface area contributed by atoms with Crippen LogP contribution in [0.3, 0.4) is 0 Å². The first-order chi connectivity index (χ1) is 21.5. The van der Waals surface area contributed by atoms with E-state index in [1.54, 1.807) is 30.1 Å². The summed E-state index contributed by atoms with van der Waals surface area (Å²) in [6.45, 7) is 0.934. The average molecular weight is 620 g/mol. The minimum atomic E-state index is -3.20. The van der Waals surface area contributed by atoms with Crippen molar-refractivity contribution in [3.8, 4) is 5.75 Å². The van der Waals surface area contributed by atoms with Crippen molar-refractivity contribution in [3.05, 3.63) is 94.5 Å². The van der Waals surface area contributed by atoms with E-state index in [2.05, 4.69) is 17.4 Å². The molecule has 2 heterocycles. The van der Waals surface area contributed by atoms with Crippen molar-refractivity contribution < 1.29 is 34.1 Å². The minimum Gasteiger partial charge on any atom is -0.490 e. The Hall–Kier alpha value is -4.31. The Kier molecular flexibility index (Phi) is 8.35. The molecule has 0 aromatic heterocycles. The number of halogens is 2. The third kappa shape index (κ3) is 6.29. The van der Waals surface area contributed by atoms with Crippen LogP contribution in [0, 0.1) is 0 Å². The Morgan fingerprint density at radius 2 is 1.73 bits per heavy atom. The van der Waals surface area contributed by atoms with Gasteiger partial charge in [-0.25, -0.2) is 8.78 Å². The number of amides is 3. The number of ether oxygens (including phenoxy) is 2. The van der Waals surface area contributed by atoms with E-state index in [1.165, 1.54) is 47.3 Å². The molecule has 3 aromatic rings. The van der Waals surface area contributed by atoms with Gasteiger partial charge in [-0.15, -0.1) is 0 Å². The number of hydrogen-bond donors (Lipinski definition) is 1. The Balaban J connectivity index is 0.00000417. The summed E-state index contributed by atoms with van der Waals surface area (Å²) in [6.07, 6.45) is 2.42. The summed E-state index contributed by atoms with van der Waals surface area (Å²) < 4.78 is 40.9. The summed E-state index contributed by atoms with van der Waals surface area (Å²) in [5.41, 5.74) is 2.70. The van der Waals surface area contributed by atoms with E-state index in [0.717, 1.165) is 19.8 Å². The number of benzene rings is 3. The lowest BCUT2D eigenvalue weighted by Gasteiger charge is -2.42. The summed E-state index contributed by atoms with van der Waals surface area (Å²) in [4.78, 5) is 42.8. The number of carbonyl (C=O) groups is 3. The van der Waals surface area contributed by atoms with Gasteiger partial charge in [-0.1, -0.05) is 42.5 Å². The maximum Gasteiger partial charge on any atom is 0.271 e. The largest absolute Gasteiger partial charge is 0.490 e. The molecule has 0 bridgehead atoms. The molecule has 1 saturated heterocycles. The van der Waals surface area contributed by atoms with Gasteiger partial charge in [0.25, 0.3) is 17.7 Å². The summed E-state index contributed by atoms with van der Waals surface area (Å²) in [7, 11) is 3.20. The van der Waals surface area contributed by atoms with E-state index >= 15 is 0 Å². The monoisotopic (exact) mass is 619 g/mol. The Bertz CT molecular complexity index is 1600. The second-order valence-corrected chi connectivity index (χ2v) is 12.3. The van der Waals surface area contributed by atoms with Crippen LogP contribution in [-0.2, 0) is 28.3 Å². The zero-order valence-corrected chi connectivity index (χ0v) is 25.6. The molecule has 1 aliphatic carbocycles. The number of nitrogens with zero attached hydrogens (tertiary/aromatic N) is 2. The molecular weight excluding hydrogens is 580 g/mol. The molecule has 1 fully saturated rings. The highest BCUT2D eigenvalue weighted by Gasteiger charge is 2.40. The highest BCUT2D eigenvalue weighted by Crippen LogP contribution is 2.35. The molecular formula is C35H39F2N3O5. The molecule has 10 heteroatoms. The quantitative estimate of drug-likeness (QED) is 0.401. The second kappa shape index (κ2) is 12.2. The van der Waals surface area contributed by atoms with E-state index in [1.807, 2.05) is 12.1 Å². The molecule has 1 N–H and O–H groups in total. The summed E-state index contributed by atoms with van der Waals surface area (Å²) >= 11 is 0. The molecule has 0 saturated carbocycles. The van der Waals surface area contributed by atoms with Gasteiger partial charge < -0.3 is 24.6 Å². The van der Waals surface area contributed by atoms with Crippen molar-refractivity contribution >= 4 is 23.4 Å². The first-order valence-corrected chi connectivity index (χ1v) is 15.3. The molecule has 3 amide bonds. The van der Waals surface area contributed by atoms with Gasteiger partial charge in [0.15, 0.2) is 0 Å². The van der Waals surface area contributed by atoms with E-state index < -0.39 is 17.9 Å². The molecule has 8 nitrogen and oxygen atoms in total. The first kappa shape index (κ1) is 30.7. The number of likely N-dealkylation sites (N-methyl/N-ethyl adjacent to an activating group) is 1. The minimum absolute atomic E-state index is 0. The van der Waals surface area contributed by atoms with E-state index in [-0.39, 0.29) is 61.1 Å². The molecule has 0 spiro atoms. The maximum absolute atomic E-state index is 14.2. The van der Waals surface area contributed by atoms with Crippen molar-refractivity contribution in [2.45, 2.75) is 69.2 Å². The maximum atomic E-state index is 14.2. The molecule has 238 valence electrons. The van der Waals surface area contributed by atoms with Crippen molar-refractivity contribution in [2.75, 3.05) is 25.6 Å². The Morgan fingerprint density at radius 1 is 1.04 bits per heavy atom. The fraction of sp³-hybridized carbons (Fsp3) is 0.400. The van der Waals surface area contributed by atoms with Gasteiger partial charge in [0.05, 0.1) is 24.1 Å². The highest BCUT2D eigenvalue weighted by molar-refractivity contribution is 6.08. The second-order valence-electron chi connectivity index (χ2n) is 12.3. The van der Waals surface area contributed by atoms with Crippen LogP contribution in [0.5, 0.6) is 5.75 Å². The van der Waals surface area contributed by atoms with E-state index in [0.29, 0.717) is 24.3 Å². The van der Waals surface area contributed by atoms with Gasteiger partial charge in [0, 0.05) is 45.3 Å². The number of hydrogen-bond acceptors (Lipinski definition) is 5. The molecule has 3 aromatic carbocycles. The number of anilines is 1. The Labute approximate surface area is 262 Å². The van der Waals surface area contributed by atoms with Crippen molar-refractivity contribution in [1.82, 2.24) is 10.2 Å². The number of alkyl halides is 2. The molecule has 0 radical (unpaired) electrons. The van der Waals surface area contributed by atoms with Crippen LogP contribution >= 0.6 is 0 Å². The third-order valence-electron chi connectivity index (χ3n) is 9.15. The van der Waals surface area contributed by atoms with Gasteiger partial charge in [-0.3, -0.25) is 14.4 Å². The molecule has 3 aliphatic rings. The van der Waals surface area contributed by atoms with E-state index in [4.69, 9.17) is 9.47 Å². The fourth-order valence-electron chi connectivity index (χ4n) is 6.73. The molecule has 0 unspecified atom stereocenters. The van der Waals surface area contributed by atoms with E-state index in [9.17, 15) is 23.2 Å². The summed E-state index contributed by atoms with van der Waals surface area (Å²) in [5, 5.41) is 3.16. The molecule has 3 atom stereocenters. The van der Waals surface area contributed by atoms with Crippen LogP contribution in [0.4, 0.5) is 14.5 Å². The smallest absolute Gasteiger partial charge is 0.271 e. The van der Waals surface area contributed by atoms with Crippen molar-refractivity contribution in [3.63, 3.8) is 0 Å². The van der Waals surface area contributed by atoms with Crippen LogP contribution in [0.15, 0.2) is 66.7 Å². The fourth-order valence-corrected chi connectivity index (χ4v) is 6.73. The van der Waals surface area contributed by atoms with Crippen molar-refractivity contribution in [1.29, 1.82) is 0 Å². The van der Waals surface area contributed by atoms with Gasteiger partial charge in [0.1, 0.15) is 18.5 Å². The lowest BCUT2D eigenvalue weighted by molar-refractivity contribution is -0.134. The standard InChI is InChI=1S/C35H37F2N3O5.H2/c1-35(36,37)28-11-7-6-10-26(28)33(42)39(2)24-12-15-30-27(18-24)34(43)40(3)29-14-13-25(45-31(29)20-44-30)19-32(41)38-23-16-21-8-4-5-9-22(21)17-23;/h4-12,15,18,23,25,29,31H,13-14,16-17,19-20H2,1-3H3,(H,38,41);1H/t25-,29-,31-;/m0./s1. The van der Waals surface area contributed by atoms with Gasteiger partial charge >= 0.3 is 0 Å². The number of carbonyl (C=O) groups excluding carboxylic acids is 3. The third-order valence-corrected chi connectivity index (χ3v) is 9.15. The average Bonchev–Trinajstić information content (AvgIpc) is 3.43. The molecule has 45 heavy (non-hydrogen) atoms. The normalized spacial score (nSPS) is 21.5. The number of nitrogens with one attached hydrogen (secondary N) is 1. The van der Waals surface area contributed by atoms with Crippen LogP contribution < -0.4 is 15.0 Å². The predicted octanol–water partition coefficient (Wildman–Crippen LogP) is 5.38. The van der Waals surface area contributed by atoms with Crippen LogP contribution in [0.25, 0.3) is 0 Å². The van der Waals surface area contributed by atoms with Gasteiger partial charge in [-0.2, -0.15) is 0 Å². The molecule has 6 rings (SSSR count). The topological polar surface area (TPSA) is 88.2 Å². The van der Waals surface area contributed by atoms with Crippen LogP contribution in [0.2, 0.25) is 0 Å². The van der Waals surface area contributed by atoms with Gasteiger partial charge in [-0.05, 0) is 61.1 Å². The highest BCUT2D eigenvalue weighted by atomic mass is 19.3. The van der Waals surface area contributed by atoms with Crippen LogP contribution in [-0.4, -0.2) is 67.6 Å². The number of rotatable bonds is 6. The Morgan fingerprint density at radius 3 is 2.44 bits per heavy atom. The SMILES string of the molecule is CN(C(=O)c1ccccc1C(C)(F)F)c1ccc2c(c1)C(=O)N(C)[C@H]1CC[C@@H](CC(=O)NC3Cc4ccccc4C3)O[C@H]1CO2.[HH].